The summed E-state index contributed by atoms with van der Waals surface area (Å²) < 4.78 is 74.4. The largest absolute Gasteiger partial charge is 0.461 e. The van der Waals surface area contributed by atoms with Gasteiger partial charge in [0.25, 0.3) is 0 Å². The van der Waals surface area contributed by atoms with Crippen LogP contribution in [0.4, 0.5) is 18.5 Å². The molecule has 8 nitrogen and oxygen atoms in total. The van der Waals surface area contributed by atoms with Crippen LogP contribution in [0.2, 0.25) is 0 Å². The lowest BCUT2D eigenvalue weighted by atomic mass is 9.95. The zero-order chi connectivity index (χ0) is 30.6. The van der Waals surface area contributed by atoms with Gasteiger partial charge in [-0.15, -0.1) is 10.3 Å². The van der Waals surface area contributed by atoms with Crippen LogP contribution < -0.4 is 9.64 Å². The second-order valence-electron chi connectivity index (χ2n) is 11.9. The van der Waals surface area contributed by atoms with E-state index in [1.54, 1.807) is 29.2 Å². The second-order valence-corrected chi connectivity index (χ2v) is 13.5. The lowest BCUT2D eigenvalue weighted by molar-refractivity contribution is 0.108. The van der Waals surface area contributed by atoms with E-state index in [0.29, 0.717) is 34.1 Å². The number of piperidine rings is 1. The van der Waals surface area contributed by atoms with Gasteiger partial charge in [-0.05, 0) is 63.1 Å². The van der Waals surface area contributed by atoms with Crippen molar-refractivity contribution >= 4 is 37.7 Å². The first-order valence-electron chi connectivity index (χ1n) is 14.8. The SMILES string of the molecule is C#Cc1c(F)ccc2cccc(-c3ncc4c(N5CCC(S(=O)(=O)F)CC5)nc(OCC56CCCN5CCC6)nc4c3F)c12. The molecule has 3 fully saturated rings. The number of nitrogens with zero attached hydrogens (tertiary/aromatic N) is 5. The minimum Gasteiger partial charge on any atom is -0.461 e. The summed E-state index contributed by atoms with van der Waals surface area (Å²) in [5.41, 5.74) is 0.122. The molecule has 44 heavy (non-hydrogen) atoms. The number of ether oxygens (including phenoxy) is 1. The predicted molar refractivity (Wildman–Crippen MR) is 162 cm³/mol. The Morgan fingerprint density at radius 3 is 2.50 bits per heavy atom. The van der Waals surface area contributed by atoms with Crippen LogP contribution in [0, 0.1) is 24.0 Å². The highest BCUT2D eigenvalue weighted by molar-refractivity contribution is 7.87. The van der Waals surface area contributed by atoms with Crippen molar-refractivity contribution in [3.05, 3.63) is 53.7 Å². The molecule has 0 saturated carbocycles. The Morgan fingerprint density at radius 1 is 1.05 bits per heavy atom. The van der Waals surface area contributed by atoms with Crippen LogP contribution in [-0.4, -0.2) is 71.8 Å². The highest BCUT2D eigenvalue weighted by Crippen LogP contribution is 2.40. The summed E-state index contributed by atoms with van der Waals surface area (Å²) in [5.74, 6) is 1.37. The number of aromatic nitrogens is 3. The lowest BCUT2D eigenvalue weighted by Gasteiger charge is -2.33. The van der Waals surface area contributed by atoms with Gasteiger partial charge in [0, 0.05) is 30.2 Å². The van der Waals surface area contributed by atoms with E-state index >= 15 is 4.39 Å². The number of benzene rings is 2. The van der Waals surface area contributed by atoms with Gasteiger partial charge < -0.3 is 9.64 Å². The highest BCUT2D eigenvalue weighted by Gasteiger charge is 2.45. The van der Waals surface area contributed by atoms with E-state index in [1.807, 2.05) is 0 Å². The number of rotatable bonds is 6. The maximum Gasteiger partial charge on any atom is 0.319 e. The van der Waals surface area contributed by atoms with Crippen LogP contribution in [0.15, 0.2) is 36.5 Å². The monoisotopic (exact) mass is 621 g/mol. The molecule has 5 heterocycles. The lowest BCUT2D eigenvalue weighted by Crippen LogP contribution is -2.43. The average Bonchev–Trinajstić information content (AvgIpc) is 3.60. The van der Waals surface area contributed by atoms with Crippen molar-refractivity contribution in [2.24, 2.45) is 0 Å². The molecule has 0 N–H and O–H groups in total. The van der Waals surface area contributed by atoms with Crippen LogP contribution in [0.25, 0.3) is 32.9 Å². The van der Waals surface area contributed by atoms with Crippen LogP contribution in [-0.2, 0) is 10.2 Å². The molecule has 2 aromatic carbocycles. The summed E-state index contributed by atoms with van der Waals surface area (Å²) in [5, 5.41) is 0.192. The smallest absolute Gasteiger partial charge is 0.319 e. The molecule has 12 heteroatoms. The van der Waals surface area contributed by atoms with E-state index < -0.39 is 27.1 Å². The molecule has 0 unspecified atom stereocenters. The zero-order valence-electron chi connectivity index (χ0n) is 23.9. The molecule has 0 bridgehead atoms. The van der Waals surface area contributed by atoms with Crippen molar-refractivity contribution in [1.82, 2.24) is 19.9 Å². The number of halogens is 3. The molecule has 0 atom stereocenters. The van der Waals surface area contributed by atoms with Gasteiger partial charge in [-0.1, -0.05) is 30.2 Å². The topological polar surface area (TPSA) is 88.5 Å². The van der Waals surface area contributed by atoms with Gasteiger partial charge in [-0.3, -0.25) is 9.88 Å². The number of anilines is 1. The number of hydrogen-bond acceptors (Lipinski definition) is 8. The standard InChI is InChI=1S/C32H30F3N5O3S/c1-2-22-25(33)9-8-20-6-3-7-23(26(20)22)28-27(34)29-24(18-36-28)30(39-16-10-21(11-17-39)44(35,41)42)38-31(37-29)43-19-32-12-4-14-40(32)15-5-13-32/h1,3,6-9,18,21H,4-5,10-17,19H2. The first kappa shape index (κ1) is 28.8. The third kappa shape index (κ3) is 4.82. The van der Waals surface area contributed by atoms with Crippen molar-refractivity contribution in [1.29, 1.82) is 0 Å². The fraction of sp³-hybridized carbons (Fsp3) is 0.406. The van der Waals surface area contributed by atoms with Crippen LogP contribution >= 0.6 is 0 Å². The van der Waals surface area contributed by atoms with Gasteiger partial charge in [0.15, 0.2) is 5.82 Å². The Labute approximate surface area is 253 Å². The Bertz CT molecular complexity index is 1930. The van der Waals surface area contributed by atoms with E-state index in [1.165, 1.54) is 12.3 Å². The Morgan fingerprint density at radius 2 is 1.80 bits per heavy atom. The molecule has 0 amide bonds. The molecule has 0 radical (unpaired) electrons. The summed E-state index contributed by atoms with van der Waals surface area (Å²) in [7, 11) is -4.68. The fourth-order valence-corrected chi connectivity index (χ4v) is 7.99. The summed E-state index contributed by atoms with van der Waals surface area (Å²) >= 11 is 0. The summed E-state index contributed by atoms with van der Waals surface area (Å²) in [6, 6.07) is 7.97. The van der Waals surface area contributed by atoms with E-state index in [4.69, 9.17) is 11.2 Å². The normalized spacial score (nSPS) is 19.0. The van der Waals surface area contributed by atoms with Gasteiger partial charge in [0.1, 0.15) is 29.5 Å². The van der Waals surface area contributed by atoms with E-state index in [9.17, 15) is 16.7 Å². The van der Waals surface area contributed by atoms with Crippen molar-refractivity contribution in [2.75, 3.05) is 37.7 Å². The summed E-state index contributed by atoms with van der Waals surface area (Å²) in [6.07, 6.45) is 11.4. The molecule has 3 saturated heterocycles. The van der Waals surface area contributed by atoms with Crippen molar-refractivity contribution in [3.63, 3.8) is 0 Å². The first-order chi connectivity index (χ1) is 21.2. The van der Waals surface area contributed by atoms with Gasteiger partial charge in [-0.25, -0.2) is 8.78 Å². The van der Waals surface area contributed by atoms with Crippen LogP contribution in [0.1, 0.15) is 44.1 Å². The molecule has 2 aromatic heterocycles. The number of pyridine rings is 1. The summed E-state index contributed by atoms with van der Waals surface area (Å²) in [4.78, 5) is 17.9. The van der Waals surface area contributed by atoms with Crippen LogP contribution in [0.5, 0.6) is 6.01 Å². The van der Waals surface area contributed by atoms with Gasteiger partial charge in [0.05, 0.1) is 21.7 Å². The fourth-order valence-electron chi connectivity index (χ4n) is 7.22. The molecule has 228 valence electrons. The number of hydrogen-bond donors (Lipinski definition) is 0. The molecule has 0 aliphatic carbocycles. The van der Waals surface area contributed by atoms with Crippen molar-refractivity contribution in [3.8, 4) is 29.6 Å². The third-order valence-electron chi connectivity index (χ3n) is 9.46. The van der Waals surface area contributed by atoms with Gasteiger partial charge >= 0.3 is 16.2 Å². The Balaban J connectivity index is 1.35. The minimum atomic E-state index is -4.68. The molecular weight excluding hydrogens is 591 g/mol. The molecular formula is C32H30F3N5O3S. The quantitative estimate of drug-likeness (QED) is 0.210. The molecule has 0 spiro atoms. The van der Waals surface area contributed by atoms with E-state index in [2.05, 4.69) is 25.8 Å². The predicted octanol–water partition coefficient (Wildman–Crippen LogP) is 5.38. The molecule has 3 aliphatic heterocycles. The minimum absolute atomic E-state index is 0.00872. The zero-order valence-corrected chi connectivity index (χ0v) is 24.7. The second kappa shape index (κ2) is 10.9. The Hall–Kier alpha value is -3.95. The van der Waals surface area contributed by atoms with Gasteiger partial charge in [0.2, 0.25) is 0 Å². The van der Waals surface area contributed by atoms with Gasteiger partial charge in [-0.2, -0.15) is 18.4 Å². The summed E-state index contributed by atoms with van der Waals surface area (Å²) in [6.45, 7) is 2.75. The first-order valence-corrected chi connectivity index (χ1v) is 16.2. The van der Waals surface area contributed by atoms with E-state index in [-0.39, 0.29) is 54.3 Å². The third-order valence-corrected chi connectivity index (χ3v) is 10.7. The van der Waals surface area contributed by atoms with E-state index in [0.717, 1.165) is 38.8 Å². The highest BCUT2D eigenvalue weighted by atomic mass is 32.3. The maximum atomic E-state index is 16.6. The van der Waals surface area contributed by atoms with Crippen molar-refractivity contribution < 1.29 is 25.8 Å². The maximum absolute atomic E-state index is 16.6. The van der Waals surface area contributed by atoms with Crippen LogP contribution in [0.3, 0.4) is 0 Å². The average molecular weight is 622 g/mol. The number of fused-ring (bicyclic) bond motifs is 3. The Kier molecular flexibility index (Phi) is 7.13. The molecule has 3 aliphatic rings. The molecule has 7 rings (SSSR count). The number of terminal acetylenes is 1. The van der Waals surface area contributed by atoms with Crippen molar-refractivity contribution in [2.45, 2.75) is 49.3 Å². The molecule has 4 aromatic rings.